The molecule has 1 aliphatic rings. The maximum absolute atomic E-state index is 12.3. The van der Waals surface area contributed by atoms with E-state index in [4.69, 9.17) is 0 Å². The smallest absolute Gasteiger partial charge is 0.315 e. The number of aryl methyl sites for hydroxylation is 2. The van der Waals surface area contributed by atoms with Gasteiger partial charge in [0, 0.05) is 12.2 Å². The summed E-state index contributed by atoms with van der Waals surface area (Å²) in [6.07, 6.45) is 3.75. The molecule has 1 aromatic heterocycles. The van der Waals surface area contributed by atoms with Crippen molar-refractivity contribution < 1.29 is 9.90 Å². The van der Waals surface area contributed by atoms with Gasteiger partial charge in [-0.05, 0) is 44.4 Å². The number of aromatic nitrogens is 2. The number of amides is 2. The Morgan fingerprint density at radius 3 is 2.64 bits per heavy atom. The number of aliphatic hydroxyl groups excluding tert-OH is 1. The average molecular weight is 342 g/mol. The number of urea groups is 1. The van der Waals surface area contributed by atoms with E-state index in [-0.39, 0.29) is 12.6 Å². The van der Waals surface area contributed by atoms with E-state index in [1.807, 2.05) is 48.9 Å². The van der Waals surface area contributed by atoms with Crippen LogP contribution in [0.1, 0.15) is 42.6 Å². The van der Waals surface area contributed by atoms with Gasteiger partial charge in [-0.1, -0.05) is 31.0 Å². The molecule has 25 heavy (non-hydrogen) atoms. The van der Waals surface area contributed by atoms with Crippen molar-refractivity contribution in [1.82, 2.24) is 20.4 Å². The van der Waals surface area contributed by atoms with Crippen LogP contribution >= 0.6 is 0 Å². The predicted molar refractivity (Wildman–Crippen MR) is 96.7 cm³/mol. The van der Waals surface area contributed by atoms with Crippen LogP contribution in [0.2, 0.25) is 0 Å². The van der Waals surface area contributed by atoms with Gasteiger partial charge in [-0.3, -0.25) is 0 Å². The monoisotopic (exact) mass is 342 g/mol. The summed E-state index contributed by atoms with van der Waals surface area (Å²) in [6, 6.07) is 9.70. The number of nitrogens with zero attached hydrogens (tertiary/aromatic N) is 2. The van der Waals surface area contributed by atoms with Crippen LogP contribution in [0.3, 0.4) is 0 Å². The third-order valence-corrected chi connectivity index (χ3v) is 4.91. The molecular formula is C19H26N4O2. The molecule has 1 aliphatic carbocycles. The van der Waals surface area contributed by atoms with E-state index in [9.17, 15) is 9.90 Å². The first-order valence-corrected chi connectivity index (χ1v) is 8.81. The molecule has 1 heterocycles. The minimum atomic E-state index is -0.459. The van der Waals surface area contributed by atoms with Crippen molar-refractivity contribution in [3.05, 3.63) is 47.3 Å². The molecule has 0 unspecified atom stereocenters. The highest BCUT2D eigenvalue weighted by Crippen LogP contribution is 2.29. The van der Waals surface area contributed by atoms with Crippen molar-refractivity contribution in [3.8, 4) is 5.69 Å². The van der Waals surface area contributed by atoms with Crippen LogP contribution in [-0.4, -0.2) is 33.1 Å². The third kappa shape index (κ3) is 3.85. The van der Waals surface area contributed by atoms with Gasteiger partial charge in [-0.25, -0.2) is 9.48 Å². The summed E-state index contributed by atoms with van der Waals surface area (Å²) < 4.78 is 1.90. The highest BCUT2D eigenvalue weighted by molar-refractivity contribution is 5.75. The van der Waals surface area contributed by atoms with Crippen molar-refractivity contribution in [3.63, 3.8) is 0 Å². The lowest BCUT2D eigenvalue weighted by atomic mass is 9.99. The van der Waals surface area contributed by atoms with Gasteiger partial charge >= 0.3 is 6.03 Å². The van der Waals surface area contributed by atoms with Gasteiger partial charge in [0.1, 0.15) is 0 Å². The summed E-state index contributed by atoms with van der Waals surface area (Å²) in [4.78, 5) is 12.3. The maximum atomic E-state index is 12.3. The van der Waals surface area contributed by atoms with E-state index in [0.717, 1.165) is 48.3 Å². The minimum absolute atomic E-state index is 0.0111. The Bertz CT molecular complexity index is 748. The van der Waals surface area contributed by atoms with Crippen LogP contribution in [0.25, 0.3) is 5.69 Å². The van der Waals surface area contributed by atoms with Crippen molar-refractivity contribution in [2.45, 2.75) is 51.6 Å². The number of para-hydroxylation sites is 1. The SMILES string of the molecule is Cc1cc(C)n(-c2ccccc2CNC(=O)NC2(CO)CCCC2)n1. The van der Waals surface area contributed by atoms with Gasteiger partial charge in [0.2, 0.25) is 0 Å². The fourth-order valence-corrected chi connectivity index (χ4v) is 3.57. The molecule has 2 aromatic rings. The summed E-state index contributed by atoms with van der Waals surface area (Å²) in [5.41, 5.74) is 3.52. The molecule has 0 bridgehead atoms. The van der Waals surface area contributed by atoms with E-state index in [0.29, 0.717) is 6.54 Å². The maximum Gasteiger partial charge on any atom is 0.315 e. The number of carbonyl (C=O) groups excluding carboxylic acids is 1. The van der Waals surface area contributed by atoms with E-state index in [1.165, 1.54) is 0 Å². The van der Waals surface area contributed by atoms with E-state index in [1.54, 1.807) is 0 Å². The molecule has 3 rings (SSSR count). The first kappa shape index (κ1) is 17.5. The standard InChI is InChI=1S/C19H26N4O2/c1-14-11-15(2)23(22-14)17-8-4-3-7-16(17)12-20-18(25)21-19(13-24)9-5-6-10-19/h3-4,7-8,11,24H,5-6,9-10,12-13H2,1-2H3,(H2,20,21,25). The Kier molecular flexibility index (Phi) is 5.08. The molecule has 3 N–H and O–H groups in total. The average Bonchev–Trinajstić information content (AvgIpc) is 3.20. The predicted octanol–water partition coefficient (Wildman–Crippen LogP) is 2.59. The number of hydrogen-bond donors (Lipinski definition) is 3. The van der Waals surface area contributed by atoms with Gasteiger partial charge in [0.05, 0.1) is 23.5 Å². The summed E-state index contributed by atoms with van der Waals surface area (Å²) >= 11 is 0. The zero-order valence-electron chi connectivity index (χ0n) is 14.9. The van der Waals surface area contributed by atoms with Crippen LogP contribution in [0.5, 0.6) is 0 Å². The molecule has 2 amide bonds. The summed E-state index contributed by atoms with van der Waals surface area (Å²) in [6.45, 7) is 4.38. The molecule has 6 nitrogen and oxygen atoms in total. The Balaban J connectivity index is 1.69. The van der Waals surface area contributed by atoms with Crippen LogP contribution < -0.4 is 10.6 Å². The summed E-state index contributed by atoms with van der Waals surface area (Å²) in [5.74, 6) is 0. The van der Waals surface area contributed by atoms with Gasteiger partial charge < -0.3 is 15.7 Å². The molecule has 6 heteroatoms. The fraction of sp³-hybridized carbons (Fsp3) is 0.474. The molecule has 134 valence electrons. The van der Waals surface area contributed by atoms with Gasteiger partial charge in [-0.15, -0.1) is 0 Å². The largest absolute Gasteiger partial charge is 0.394 e. The van der Waals surface area contributed by atoms with Crippen LogP contribution in [-0.2, 0) is 6.54 Å². The lowest BCUT2D eigenvalue weighted by molar-refractivity contribution is 0.163. The van der Waals surface area contributed by atoms with Crippen LogP contribution in [0.15, 0.2) is 30.3 Å². The molecule has 0 radical (unpaired) electrons. The van der Waals surface area contributed by atoms with Gasteiger partial charge in [0.25, 0.3) is 0 Å². The third-order valence-electron chi connectivity index (χ3n) is 4.91. The van der Waals surface area contributed by atoms with Crippen molar-refractivity contribution in [2.24, 2.45) is 0 Å². The van der Waals surface area contributed by atoms with Crippen molar-refractivity contribution >= 4 is 6.03 Å². The van der Waals surface area contributed by atoms with E-state index in [2.05, 4.69) is 15.7 Å². The van der Waals surface area contributed by atoms with Crippen molar-refractivity contribution in [1.29, 1.82) is 0 Å². The highest BCUT2D eigenvalue weighted by Gasteiger charge is 2.34. The quantitative estimate of drug-likeness (QED) is 0.781. The summed E-state index contributed by atoms with van der Waals surface area (Å²) in [5, 5.41) is 20.0. The minimum Gasteiger partial charge on any atom is -0.394 e. The molecule has 0 saturated heterocycles. The molecule has 1 fully saturated rings. The molecule has 0 spiro atoms. The molecule has 1 aromatic carbocycles. The van der Waals surface area contributed by atoms with E-state index >= 15 is 0 Å². The lowest BCUT2D eigenvalue weighted by Gasteiger charge is -2.28. The molecule has 0 atom stereocenters. The first-order chi connectivity index (χ1) is 12.0. The number of carbonyl (C=O) groups is 1. The van der Waals surface area contributed by atoms with Gasteiger partial charge in [-0.2, -0.15) is 5.10 Å². The lowest BCUT2D eigenvalue weighted by Crippen LogP contribution is -2.52. The topological polar surface area (TPSA) is 79.2 Å². The normalized spacial score (nSPS) is 16.0. The first-order valence-electron chi connectivity index (χ1n) is 8.81. The number of nitrogens with one attached hydrogen (secondary N) is 2. The second-order valence-corrected chi connectivity index (χ2v) is 6.92. The Hall–Kier alpha value is -2.34. The molecule has 1 saturated carbocycles. The Morgan fingerprint density at radius 1 is 1.28 bits per heavy atom. The number of benzene rings is 1. The van der Waals surface area contributed by atoms with E-state index < -0.39 is 5.54 Å². The number of hydrogen-bond acceptors (Lipinski definition) is 3. The van der Waals surface area contributed by atoms with Crippen LogP contribution in [0, 0.1) is 13.8 Å². The fourth-order valence-electron chi connectivity index (χ4n) is 3.57. The second kappa shape index (κ2) is 7.27. The second-order valence-electron chi connectivity index (χ2n) is 6.92. The number of rotatable bonds is 5. The summed E-state index contributed by atoms with van der Waals surface area (Å²) in [7, 11) is 0. The Morgan fingerprint density at radius 2 is 2.00 bits per heavy atom. The van der Waals surface area contributed by atoms with Crippen LogP contribution in [0.4, 0.5) is 4.79 Å². The van der Waals surface area contributed by atoms with Gasteiger partial charge in [0.15, 0.2) is 0 Å². The number of aliphatic hydroxyl groups is 1. The molecular weight excluding hydrogens is 316 g/mol. The molecule has 0 aliphatic heterocycles. The Labute approximate surface area is 148 Å². The highest BCUT2D eigenvalue weighted by atomic mass is 16.3. The van der Waals surface area contributed by atoms with Crippen molar-refractivity contribution in [2.75, 3.05) is 6.61 Å². The zero-order chi connectivity index (χ0) is 17.9. The zero-order valence-corrected chi connectivity index (χ0v) is 14.9.